The minimum Gasteiger partial charge on any atom is -0.361 e. The highest BCUT2D eigenvalue weighted by molar-refractivity contribution is 5.91. The number of amides is 2. The average Bonchev–Trinajstić information content (AvgIpc) is 3.07. The molecule has 2 aromatic rings. The van der Waals surface area contributed by atoms with Crippen LogP contribution in [0.15, 0.2) is 30.5 Å². The summed E-state index contributed by atoms with van der Waals surface area (Å²) < 4.78 is 0. The molecule has 0 fully saturated rings. The third-order valence-electron chi connectivity index (χ3n) is 5.11. The maximum absolute atomic E-state index is 12.9. The number of carbonyl (C=O) groups excluding carboxylic acids is 3. The van der Waals surface area contributed by atoms with Crippen LogP contribution in [0.4, 0.5) is 0 Å². The Hall–Kier alpha value is -2.63. The maximum atomic E-state index is 12.9. The summed E-state index contributed by atoms with van der Waals surface area (Å²) in [5.74, 6) is -1.17. The van der Waals surface area contributed by atoms with Gasteiger partial charge in [-0.25, -0.2) is 0 Å². The topological polar surface area (TPSA) is 91.1 Å². The van der Waals surface area contributed by atoms with Crippen LogP contribution in [0, 0.1) is 17.8 Å². The summed E-state index contributed by atoms with van der Waals surface area (Å²) >= 11 is 0. The van der Waals surface area contributed by atoms with Gasteiger partial charge in [-0.1, -0.05) is 32.0 Å². The number of para-hydroxylation sites is 1. The average molecular weight is 371 g/mol. The highest BCUT2D eigenvalue weighted by atomic mass is 16.2. The molecule has 2 amide bonds. The van der Waals surface area contributed by atoms with Crippen molar-refractivity contribution in [2.75, 3.05) is 14.1 Å². The second-order valence-electron chi connectivity index (χ2n) is 7.27. The smallest absolute Gasteiger partial charge is 0.223 e. The van der Waals surface area contributed by atoms with Gasteiger partial charge in [-0.2, -0.15) is 0 Å². The fraction of sp³-hybridized carbons (Fsp3) is 0.476. The van der Waals surface area contributed by atoms with Crippen LogP contribution in [0.25, 0.3) is 10.9 Å². The van der Waals surface area contributed by atoms with E-state index in [2.05, 4.69) is 15.6 Å². The summed E-state index contributed by atoms with van der Waals surface area (Å²) in [6.07, 6.45) is 2.65. The van der Waals surface area contributed by atoms with E-state index in [-0.39, 0.29) is 42.3 Å². The Morgan fingerprint density at radius 1 is 1.04 bits per heavy atom. The van der Waals surface area contributed by atoms with Crippen molar-refractivity contribution in [3.63, 3.8) is 0 Å². The molecule has 6 nitrogen and oxygen atoms in total. The first kappa shape index (κ1) is 20.7. The molecule has 1 aromatic heterocycles. The fourth-order valence-corrected chi connectivity index (χ4v) is 3.44. The Labute approximate surface area is 160 Å². The van der Waals surface area contributed by atoms with Crippen molar-refractivity contribution in [2.45, 2.75) is 33.1 Å². The largest absolute Gasteiger partial charge is 0.361 e. The van der Waals surface area contributed by atoms with E-state index in [1.165, 1.54) is 0 Å². The summed E-state index contributed by atoms with van der Waals surface area (Å²) in [4.78, 5) is 40.3. The number of ketones is 1. The number of benzene rings is 1. The van der Waals surface area contributed by atoms with Crippen molar-refractivity contribution in [3.05, 3.63) is 36.0 Å². The Morgan fingerprint density at radius 2 is 1.74 bits per heavy atom. The highest BCUT2D eigenvalue weighted by Gasteiger charge is 2.29. The molecule has 2 rings (SSSR count). The zero-order valence-electron chi connectivity index (χ0n) is 16.5. The standard InChI is InChI=1S/C21H29N3O3/c1-13(2)17(11-20(26)22-3)19(25)10-14(21(27)23-4)9-15-12-24-18-8-6-5-7-16(15)18/h5-8,12-14,17,24H,9-11H2,1-4H3,(H,22,26)(H,23,27)/t14-,17?/m1/s1. The molecule has 0 spiro atoms. The quantitative estimate of drug-likeness (QED) is 0.632. The van der Waals surface area contributed by atoms with Crippen LogP contribution < -0.4 is 10.6 Å². The van der Waals surface area contributed by atoms with Crippen molar-refractivity contribution >= 4 is 28.5 Å². The first-order chi connectivity index (χ1) is 12.9. The van der Waals surface area contributed by atoms with Gasteiger partial charge in [-0.05, 0) is 24.0 Å². The second-order valence-corrected chi connectivity index (χ2v) is 7.27. The number of rotatable bonds is 9. The summed E-state index contributed by atoms with van der Waals surface area (Å²) in [6, 6.07) is 7.90. The minimum atomic E-state index is -0.465. The van der Waals surface area contributed by atoms with Crippen molar-refractivity contribution < 1.29 is 14.4 Å². The number of aromatic nitrogens is 1. The number of Topliss-reactive ketones (excluding diaryl/α,β-unsaturated/α-hetero) is 1. The summed E-state index contributed by atoms with van der Waals surface area (Å²) in [5.41, 5.74) is 2.02. The molecular weight excluding hydrogens is 342 g/mol. The van der Waals surface area contributed by atoms with Crippen LogP contribution in [0.1, 0.15) is 32.3 Å². The molecule has 0 saturated carbocycles. The summed E-state index contributed by atoms with van der Waals surface area (Å²) in [5, 5.41) is 6.30. The molecule has 27 heavy (non-hydrogen) atoms. The van der Waals surface area contributed by atoms with E-state index in [4.69, 9.17) is 0 Å². The number of hydrogen-bond donors (Lipinski definition) is 3. The first-order valence-corrected chi connectivity index (χ1v) is 9.37. The Balaban J connectivity index is 2.19. The number of H-pyrrole nitrogens is 1. The monoisotopic (exact) mass is 371 g/mol. The van der Waals surface area contributed by atoms with Crippen molar-refractivity contribution in [2.24, 2.45) is 17.8 Å². The van der Waals surface area contributed by atoms with Gasteiger partial charge in [0.25, 0.3) is 0 Å². The van der Waals surface area contributed by atoms with Crippen LogP contribution in [-0.4, -0.2) is 36.7 Å². The van der Waals surface area contributed by atoms with Gasteiger partial charge in [0, 0.05) is 55.9 Å². The predicted octanol–water partition coefficient (Wildman–Crippen LogP) is 2.44. The molecular formula is C21H29N3O3. The van der Waals surface area contributed by atoms with E-state index < -0.39 is 5.92 Å². The molecule has 3 N–H and O–H groups in total. The molecule has 1 heterocycles. The van der Waals surface area contributed by atoms with Gasteiger partial charge in [-0.3, -0.25) is 14.4 Å². The summed E-state index contributed by atoms with van der Waals surface area (Å²) in [6.45, 7) is 3.86. The van der Waals surface area contributed by atoms with E-state index in [1.807, 2.05) is 44.3 Å². The fourth-order valence-electron chi connectivity index (χ4n) is 3.44. The number of aromatic amines is 1. The van der Waals surface area contributed by atoms with E-state index in [0.29, 0.717) is 6.42 Å². The maximum Gasteiger partial charge on any atom is 0.223 e. The molecule has 2 atom stereocenters. The van der Waals surface area contributed by atoms with Crippen molar-refractivity contribution in [3.8, 4) is 0 Å². The Morgan fingerprint density at radius 3 is 2.37 bits per heavy atom. The lowest BCUT2D eigenvalue weighted by molar-refractivity contribution is -0.133. The van der Waals surface area contributed by atoms with E-state index in [9.17, 15) is 14.4 Å². The Kier molecular flexibility index (Phi) is 7.16. The van der Waals surface area contributed by atoms with Gasteiger partial charge in [-0.15, -0.1) is 0 Å². The van der Waals surface area contributed by atoms with Gasteiger partial charge in [0.05, 0.1) is 0 Å². The zero-order chi connectivity index (χ0) is 20.0. The Bertz CT molecular complexity index is 810. The van der Waals surface area contributed by atoms with Gasteiger partial charge in [0.1, 0.15) is 5.78 Å². The van der Waals surface area contributed by atoms with Gasteiger partial charge in [0.15, 0.2) is 0 Å². The molecule has 146 valence electrons. The highest BCUT2D eigenvalue weighted by Crippen LogP contribution is 2.25. The molecule has 0 aliphatic rings. The van der Waals surface area contributed by atoms with Gasteiger partial charge >= 0.3 is 0 Å². The molecule has 6 heteroatoms. The summed E-state index contributed by atoms with van der Waals surface area (Å²) in [7, 11) is 3.15. The normalized spacial score (nSPS) is 13.4. The lowest BCUT2D eigenvalue weighted by Gasteiger charge is -2.22. The third-order valence-corrected chi connectivity index (χ3v) is 5.11. The van der Waals surface area contributed by atoms with Crippen LogP contribution >= 0.6 is 0 Å². The van der Waals surface area contributed by atoms with E-state index in [0.717, 1.165) is 16.5 Å². The predicted molar refractivity (Wildman–Crippen MR) is 106 cm³/mol. The molecule has 1 aromatic carbocycles. The van der Waals surface area contributed by atoms with Gasteiger partial charge < -0.3 is 15.6 Å². The van der Waals surface area contributed by atoms with Crippen molar-refractivity contribution in [1.29, 1.82) is 0 Å². The number of fused-ring (bicyclic) bond motifs is 1. The molecule has 0 aliphatic carbocycles. The number of hydrogen-bond acceptors (Lipinski definition) is 3. The third kappa shape index (κ3) is 5.18. The van der Waals surface area contributed by atoms with Crippen molar-refractivity contribution in [1.82, 2.24) is 15.6 Å². The lowest BCUT2D eigenvalue weighted by Crippen LogP contribution is -2.34. The molecule has 1 unspecified atom stereocenters. The minimum absolute atomic E-state index is 0.0354. The number of carbonyl (C=O) groups is 3. The molecule has 0 saturated heterocycles. The molecule has 0 bridgehead atoms. The first-order valence-electron chi connectivity index (χ1n) is 9.37. The molecule has 0 aliphatic heterocycles. The lowest BCUT2D eigenvalue weighted by atomic mass is 9.82. The van der Waals surface area contributed by atoms with E-state index >= 15 is 0 Å². The van der Waals surface area contributed by atoms with E-state index in [1.54, 1.807) is 14.1 Å². The van der Waals surface area contributed by atoms with Gasteiger partial charge in [0.2, 0.25) is 11.8 Å². The molecule has 0 radical (unpaired) electrons. The zero-order valence-corrected chi connectivity index (χ0v) is 16.5. The van der Waals surface area contributed by atoms with Crippen LogP contribution in [0.5, 0.6) is 0 Å². The van der Waals surface area contributed by atoms with Crippen LogP contribution in [0.2, 0.25) is 0 Å². The van der Waals surface area contributed by atoms with Crippen LogP contribution in [0.3, 0.4) is 0 Å². The SMILES string of the molecule is CNC(=O)CC(C(=O)C[C@@H](Cc1c[nH]c2ccccc12)C(=O)NC)C(C)C. The number of nitrogens with one attached hydrogen (secondary N) is 3. The second kappa shape index (κ2) is 9.35. The van der Waals surface area contributed by atoms with Crippen LogP contribution in [-0.2, 0) is 20.8 Å².